The number of anilines is 2. The highest BCUT2D eigenvalue weighted by molar-refractivity contribution is 5.72. The minimum atomic E-state index is -2.59. The van der Waals surface area contributed by atoms with Gasteiger partial charge >= 0.3 is 5.97 Å². The molecule has 4 heterocycles. The fraction of sp³-hybridized carbons (Fsp3) is 0.500. The molecule has 2 N–H and O–H groups in total. The van der Waals surface area contributed by atoms with Gasteiger partial charge in [-0.05, 0) is 101 Å². The van der Waals surface area contributed by atoms with Crippen molar-refractivity contribution in [3.8, 4) is 11.3 Å². The van der Waals surface area contributed by atoms with Gasteiger partial charge in [-0.15, -0.1) is 0 Å². The molecule has 2 fully saturated rings. The van der Waals surface area contributed by atoms with Crippen molar-refractivity contribution >= 4 is 17.6 Å². The standard InChI is InChI=1S/C32H38F2N4O5/c1-19-13-25(37-28(14-19)38-27-15-21(29(33)34)11-12-35-27)22-7-10-26(36-16-22)32(4,40)23-8-5-20(6-9-23)30(39)41-17-24-18-42-31(2,3)43-24/h7,10-16,20,23-24,29,40H,5-6,8-9,17-18H2,1-4H3,(H,35,37,38)/t20-,23-,24-,32+/m0/s1. The van der Waals surface area contributed by atoms with E-state index >= 15 is 0 Å². The third-order valence-electron chi connectivity index (χ3n) is 8.17. The zero-order valence-electron chi connectivity index (χ0n) is 24.8. The molecule has 0 bridgehead atoms. The first-order valence-electron chi connectivity index (χ1n) is 14.6. The number of hydrogen-bond acceptors (Lipinski definition) is 9. The number of alkyl halides is 2. The summed E-state index contributed by atoms with van der Waals surface area (Å²) in [6.07, 6.45) is 2.74. The van der Waals surface area contributed by atoms with Crippen LogP contribution in [0.5, 0.6) is 0 Å². The first-order chi connectivity index (χ1) is 20.4. The molecule has 0 aromatic carbocycles. The summed E-state index contributed by atoms with van der Waals surface area (Å²) in [5.41, 5.74) is 1.54. The lowest BCUT2D eigenvalue weighted by atomic mass is 9.73. The molecule has 0 spiro atoms. The Morgan fingerprint density at radius 2 is 1.91 bits per heavy atom. The van der Waals surface area contributed by atoms with Gasteiger partial charge in [-0.2, -0.15) is 0 Å². The molecule has 11 heteroatoms. The summed E-state index contributed by atoms with van der Waals surface area (Å²) in [5.74, 6) is -0.420. The van der Waals surface area contributed by atoms with Crippen molar-refractivity contribution in [2.45, 2.75) is 77.3 Å². The van der Waals surface area contributed by atoms with Crippen LogP contribution in [-0.2, 0) is 24.6 Å². The molecule has 3 aromatic heterocycles. The third kappa shape index (κ3) is 7.52. The number of nitrogens with one attached hydrogen (secondary N) is 1. The topological polar surface area (TPSA) is 116 Å². The van der Waals surface area contributed by atoms with Gasteiger partial charge in [0.25, 0.3) is 6.43 Å². The Hall–Kier alpha value is -3.54. The smallest absolute Gasteiger partial charge is 0.309 e. The number of nitrogens with zero attached hydrogens (tertiary/aromatic N) is 3. The molecule has 0 amide bonds. The maximum absolute atomic E-state index is 13.1. The fourth-order valence-corrected chi connectivity index (χ4v) is 5.74. The second-order valence-corrected chi connectivity index (χ2v) is 12.0. The van der Waals surface area contributed by atoms with Crippen LogP contribution < -0.4 is 5.32 Å². The number of halogens is 2. The molecule has 3 aromatic rings. The van der Waals surface area contributed by atoms with Crippen molar-refractivity contribution in [3.63, 3.8) is 0 Å². The Bertz CT molecular complexity index is 1430. The van der Waals surface area contributed by atoms with Crippen molar-refractivity contribution in [3.05, 3.63) is 65.6 Å². The van der Waals surface area contributed by atoms with Gasteiger partial charge in [0.05, 0.1) is 23.9 Å². The van der Waals surface area contributed by atoms with Gasteiger partial charge in [0.2, 0.25) is 0 Å². The monoisotopic (exact) mass is 596 g/mol. The lowest BCUT2D eigenvalue weighted by Crippen LogP contribution is -2.37. The van der Waals surface area contributed by atoms with Gasteiger partial charge in [-0.3, -0.25) is 9.78 Å². The molecule has 1 saturated heterocycles. The summed E-state index contributed by atoms with van der Waals surface area (Å²) in [6, 6.07) is 9.93. The van der Waals surface area contributed by atoms with Gasteiger partial charge in [-0.25, -0.2) is 18.7 Å². The first-order valence-corrected chi connectivity index (χ1v) is 14.6. The van der Waals surface area contributed by atoms with Crippen LogP contribution in [0.4, 0.5) is 20.4 Å². The van der Waals surface area contributed by atoms with Crippen LogP contribution >= 0.6 is 0 Å². The van der Waals surface area contributed by atoms with E-state index in [1.165, 1.54) is 18.3 Å². The summed E-state index contributed by atoms with van der Waals surface area (Å²) in [4.78, 5) is 26.0. The normalized spacial score (nSPS) is 23.1. The molecule has 1 saturated carbocycles. The summed E-state index contributed by atoms with van der Waals surface area (Å²) in [7, 11) is 0. The van der Waals surface area contributed by atoms with E-state index < -0.39 is 17.8 Å². The second kappa shape index (κ2) is 12.6. The van der Waals surface area contributed by atoms with E-state index in [2.05, 4.69) is 20.3 Å². The number of pyridine rings is 3. The maximum atomic E-state index is 13.1. The highest BCUT2D eigenvalue weighted by Gasteiger charge is 2.40. The minimum Gasteiger partial charge on any atom is -0.463 e. The summed E-state index contributed by atoms with van der Waals surface area (Å²) in [6.45, 7) is 7.92. The lowest BCUT2D eigenvalue weighted by molar-refractivity contribution is -0.163. The number of aryl methyl sites for hydroxylation is 1. The summed E-state index contributed by atoms with van der Waals surface area (Å²) >= 11 is 0. The minimum absolute atomic E-state index is 0.0633. The van der Waals surface area contributed by atoms with E-state index in [1.54, 1.807) is 25.3 Å². The summed E-state index contributed by atoms with van der Waals surface area (Å²) < 4.78 is 42.9. The van der Waals surface area contributed by atoms with Gasteiger partial charge in [-0.1, -0.05) is 0 Å². The molecule has 43 heavy (non-hydrogen) atoms. The number of aromatic nitrogens is 3. The van der Waals surface area contributed by atoms with E-state index in [9.17, 15) is 18.7 Å². The largest absolute Gasteiger partial charge is 0.463 e. The van der Waals surface area contributed by atoms with Gasteiger partial charge < -0.3 is 24.6 Å². The van der Waals surface area contributed by atoms with Crippen molar-refractivity contribution in [2.75, 3.05) is 18.5 Å². The molecular formula is C32H38F2N4O5. The van der Waals surface area contributed by atoms with Crippen molar-refractivity contribution < 1.29 is 32.9 Å². The van der Waals surface area contributed by atoms with Crippen LogP contribution in [0, 0.1) is 18.8 Å². The van der Waals surface area contributed by atoms with Crippen LogP contribution in [0.25, 0.3) is 11.3 Å². The molecule has 0 unspecified atom stereocenters. The number of carbonyl (C=O) groups excluding carboxylic acids is 1. The Morgan fingerprint density at radius 1 is 1.14 bits per heavy atom. The molecule has 1 aliphatic heterocycles. The Balaban J connectivity index is 1.19. The van der Waals surface area contributed by atoms with E-state index in [4.69, 9.17) is 14.2 Å². The SMILES string of the molecule is Cc1cc(Nc2cc(C(F)F)ccn2)nc(-c2ccc([C@](C)(O)[C@H]3CC[C@H](C(=O)OC[C@H]4COC(C)(C)O4)CC3)nc2)c1. The summed E-state index contributed by atoms with van der Waals surface area (Å²) in [5, 5.41) is 14.5. The molecule has 2 atom stereocenters. The Morgan fingerprint density at radius 3 is 2.56 bits per heavy atom. The predicted molar refractivity (Wildman–Crippen MR) is 156 cm³/mol. The molecule has 0 radical (unpaired) electrons. The van der Waals surface area contributed by atoms with Crippen LogP contribution in [-0.4, -0.2) is 51.1 Å². The number of aliphatic hydroxyl groups is 1. The first kappa shape index (κ1) is 30.9. The highest BCUT2D eigenvalue weighted by atomic mass is 19.3. The zero-order valence-corrected chi connectivity index (χ0v) is 24.8. The molecule has 1 aliphatic carbocycles. The number of carbonyl (C=O) groups is 1. The van der Waals surface area contributed by atoms with Crippen molar-refractivity contribution in [1.82, 2.24) is 15.0 Å². The van der Waals surface area contributed by atoms with Gasteiger partial charge in [0.15, 0.2) is 5.79 Å². The number of hydrogen-bond donors (Lipinski definition) is 2. The van der Waals surface area contributed by atoms with E-state index in [0.29, 0.717) is 49.5 Å². The van der Waals surface area contributed by atoms with E-state index in [0.717, 1.165) is 11.1 Å². The molecule has 230 valence electrons. The number of esters is 1. The number of rotatable bonds is 9. The molecule has 9 nitrogen and oxygen atoms in total. The maximum Gasteiger partial charge on any atom is 0.309 e. The van der Waals surface area contributed by atoms with Crippen molar-refractivity contribution in [2.24, 2.45) is 11.8 Å². The number of ether oxygens (including phenoxy) is 3. The second-order valence-electron chi connectivity index (χ2n) is 12.0. The van der Waals surface area contributed by atoms with Crippen LogP contribution in [0.1, 0.15) is 69.7 Å². The van der Waals surface area contributed by atoms with Crippen LogP contribution in [0.2, 0.25) is 0 Å². The average molecular weight is 597 g/mol. The Labute approximate surface area is 250 Å². The highest BCUT2D eigenvalue weighted by Crippen LogP contribution is 2.41. The van der Waals surface area contributed by atoms with Crippen molar-refractivity contribution in [1.29, 1.82) is 0 Å². The van der Waals surface area contributed by atoms with Crippen LogP contribution in [0.15, 0.2) is 48.8 Å². The molecule has 2 aliphatic rings. The van der Waals surface area contributed by atoms with E-state index in [1.807, 2.05) is 32.9 Å². The average Bonchev–Trinajstić information content (AvgIpc) is 3.34. The molecular weight excluding hydrogens is 558 g/mol. The predicted octanol–water partition coefficient (Wildman–Crippen LogP) is 6.24. The lowest BCUT2D eigenvalue weighted by Gasteiger charge is -2.37. The molecule has 5 rings (SSSR count). The fourth-order valence-electron chi connectivity index (χ4n) is 5.74. The zero-order chi connectivity index (χ0) is 30.8. The van der Waals surface area contributed by atoms with Gasteiger partial charge in [0, 0.05) is 23.5 Å². The van der Waals surface area contributed by atoms with Crippen LogP contribution in [0.3, 0.4) is 0 Å². The Kier molecular flexibility index (Phi) is 9.05. The van der Waals surface area contributed by atoms with Gasteiger partial charge in [0.1, 0.15) is 29.9 Å². The van der Waals surface area contributed by atoms with E-state index in [-0.39, 0.29) is 41.9 Å². The third-order valence-corrected chi connectivity index (χ3v) is 8.17. The quantitative estimate of drug-likeness (QED) is 0.277.